The molecule has 0 aliphatic carbocycles. The van der Waals surface area contributed by atoms with Crippen LogP contribution in [0.5, 0.6) is 11.5 Å². The molecule has 3 aromatic rings. The summed E-state index contributed by atoms with van der Waals surface area (Å²) in [5.74, 6) is 0.237. The number of amides is 1. The lowest BCUT2D eigenvalue weighted by atomic mass is 10.1. The summed E-state index contributed by atoms with van der Waals surface area (Å²) < 4.78 is 52.7. The molecule has 4 rings (SSSR count). The van der Waals surface area contributed by atoms with E-state index >= 15 is 0 Å². The number of rotatable bonds is 7. The standard InChI is InChI=1S/C26H28FN3O5S/c1-28(19-8-10-20(34-2)11-9-19)36(32,33)21-12-13-25(35-3)24(18-21)29-14-16-30(17-15-29)26(31)22-6-4-5-7-23(22)27/h4-13,18H,14-17H2,1-3H3. The number of benzene rings is 3. The third kappa shape index (κ3) is 4.94. The first kappa shape index (κ1) is 25.3. The zero-order valence-electron chi connectivity index (χ0n) is 20.3. The summed E-state index contributed by atoms with van der Waals surface area (Å²) in [6.07, 6.45) is 0. The van der Waals surface area contributed by atoms with Gasteiger partial charge in [0, 0.05) is 33.2 Å². The molecule has 1 heterocycles. The molecule has 0 aromatic heterocycles. The number of halogens is 1. The van der Waals surface area contributed by atoms with Crippen molar-refractivity contribution in [1.82, 2.24) is 4.90 Å². The highest BCUT2D eigenvalue weighted by Gasteiger charge is 2.28. The van der Waals surface area contributed by atoms with Gasteiger partial charge in [-0.2, -0.15) is 0 Å². The minimum absolute atomic E-state index is 0.0400. The highest BCUT2D eigenvalue weighted by Crippen LogP contribution is 2.34. The number of nitrogens with zero attached hydrogens (tertiary/aromatic N) is 3. The van der Waals surface area contributed by atoms with E-state index in [4.69, 9.17) is 9.47 Å². The molecule has 190 valence electrons. The summed E-state index contributed by atoms with van der Waals surface area (Å²) in [6.45, 7) is 1.60. The Morgan fingerprint density at radius 2 is 1.58 bits per heavy atom. The van der Waals surface area contributed by atoms with Crippen molar-refractivity contribution in [2.75, 3.05) is 56.7 Å². The van der Waals surface area contributed by atoms with Crippen LogP contribution in [0.25, 0.3) is 0 Å². The molecule has 1 saturated heterocycles. The molecular formula is C26H28FN3O5S. The van der Waals surface area contributed by atoms with Crippen LogP contribution in [-0.2, 0) is 10.0 Å². The Morgan fingerprint density at radius 3 is 2.19 bits per heavy atom. The summed E-state index contributed by atoms with van der Waals surface area (Å²) in [5, 5.41) is 0. The number of sulfonamides is 1. The first-order valence-corrected chi connectivity index (χ1v) is 12.8. The highest BCUT2D eigenvalue weighted by atomic mass is 32.2. The quantitative estimate of drug-likeness (QED) is 0.480. The predicted octanol–water partition coefficient (Wildman–Crippen LogP) is 3.63. The molecule has 1 aliphatic heterocycles. The third-order valence-corrected chi connectivity index (χ3v) is 8.04. The van der Waals surface area contributed by atoms with Crippen molar-refractivity contribution >= 4 is 27.3 Å². The largest absolute Gasteiger partial charge is 0.497 e. The van der Waals surface area contributed by atoms with Crippen molar-refractivity contribution in [3.05, 3.63) is 78.1 Å². The first-order valence-electron chi connectivity index (χ1n) is 11.4. The number of carbonyl (C=O) groups excluding carboxylic acids is 1. The SMILES string of the molecule is COc1ccc(N(C)S(=O)(=O)c2ccc(OC)c(N3CCN(C(=O)c4ccccc4F)CC3)c2)cc1. The third-order valence-electron chi connectivity index (χ3n) is 6.26. The van der Waals surface area contributed by atoms with Gasteiger partial charge in [-0.1, -0.05) is 12.1 Å². The number of anilines is 2. The Hall–Kier alpha value is -3.79. The fraction of sp³-hybridized carbons (Fsp3) is 0.269. The average Bonchev–Trinajstić information content (AvgIpc) is 2.92. The van der Waals surface area contributed by atoms with Crippen molar-refractivity contribution in [2.24, 2.45) is 0 Å². The summed E-state index contributed by atoms with van der Waals surface area (Å²) in [6, 6.07) is 17.4. The summed E-state index contributed by atoms with van der Waals surface area (Å²) in [7, 11) is 0.703. The molecule has 10 heteroatoms. The normalized spacial score (nSPS) is 13.9. The number of hydrogen-bond donors (Lipinski definition) is 0. The van der Waals surface area contributed by atoms with Crippen molar-refractivity contribution in [3.63, 3.8) is 0 Å². The Labute approximate surface area is 210 Å². The zero-order valence-corrected chi connectivity index (χ0v) is 21.2. The van der Waals surface area contributed by atoms with Gasteiger partial charge in [-0.3, -0.25) is 9.10 Å². The van der Waals surface area contributed by atoms with E-state index in [0.29, 0.717) is 49.1 Å². The van der Waals surface area contributed by atoms with E-state index in [1.54, 1.807) is 60.5 Å². The Kier molecular flexibility index (Phi) is 7.35. The van der Waals surface area contributed by atoms with Crippen molar-refractivity contribution in [3.8, 4) is 11.5 Å². The minimum atomic E-state index is -3.86. The van der Waals surface area contributed by atoms with E-state index < -0.39 is 15.8 Å². The molecule has 0 saturated carbocycles. The predicted molar refractivity (Wildman–Crippen MR) is 136 cm³/mol. The molecule has 1 fully saturated rings. The lowest BCUT2D eigenvalue weighted by Crippen LogP contribution is -2.49. The van der Waals surface area contributed by atoms with Crippen LogP contribution in [0.2, 0.25) is 0 Å². The second kappa shape index (κ2) is 10.4. The maximum Gasteiger partial charge on any atom is 0.264 e. The van der Waals surface area contributed by atoms with Gasteiger partial charge < -0.3 is 19.3 Å². The number of piperazine rings is 1. The second-order valence-corrected chi connectivity index (χ2v) is 10.2. The molecule has 36 heavy (non-hydrogen) atoms. The molecular weight excluding hydrogens is 485 g/mol. The van der Waals surface area contributed by atoms with Crippen LogP contribution >= 0.6 is 0 Å². The van der Waals surface area contributed by atoms with Gasteiger partial charge in [-0.25, -0.2) is 12.8 Å². The second-order valence-electron chi connectivity index (χ2n) is 8.26. The lowest BCUT2D eigenvalue weighted by Gasteiger charge is -2.37. The fourth-order valence-corrected chi connectivity index (χ4v) is 5.34. The van der Waals surface area contributed by atoms with E-state index in [1.807, 2.05) is 4.90 Å². The molecule has 0 radical (unpaired) electrons. The summed E-state index contributed by atoms with van der Waals surface area (Å²) >= 11 is 0. The lowest BCUT2D eigenvalue weighted by molar-refractivity contribution is 0.0742. The van der Waals surface area contributed by atoms with Crippen molar-refractivity contribution in [2.45, 2.75) is 4.90 Å². The van der Waals surface area contributed by atoms with Gasteiger partial charge >= 0.3 is 0 Å². The van der Waals surface area contributed by atoms with Gasteiger partial charge in [0.2, 0.25) is 0 Å². The smallest absolute Gasteiger partial charge is 0.264 e. The van der Waals surface area contributed by atoms with Crippen LogP contribution in [0, 0.1) is 5.82 Å². The number of hydrogen-bond acceptors (Lipinski definition) is 6. The van der Waals surface area contributed by atoms with Gasteiger partial charge in [-0.15, -0.1) is 0 Å². The number of methoxy groups -OCH3 is 2. The Bertz CT molecular complexity index is 1340. The number of ether oxygens (including phenoxy) is 2. The van der Waals surface area contributed by atoms with Crippen LogP contribution in [0.3, 0.4) is 0 Å². The molecule has 1 amide bonds. The van der Waals surface area contributed by atoms with Crippen molar-refractivity contribution in [1.29, 1.82) is 0 Å². The van der Waals surface area contributed by atoms with Crippen molar-refractivity contribution < 1.29 is 27.1 Å². The van der Waals surface area contributed by atoms with Crippen LogP contribution in [0.1, 0.15) is 10.4 Å². The molecule has 1 aliphatic rings. The molecule has 0 bridgehead atoms. The van der Waals surface area contributed by atoms with Gasteiger partial charge in [0.25, 0.3) is 15.9 Å². The monoisotopic (exact) mass is 513 g/mol. The van der Waals surface area contributed by atoms with Crippen LogP contribution < -0.4 is 18.7 Å². The van der Waals surface area contributed by atoms with E-state index in [2.05, 4.69) is 0 Å². The topological polar surface area (TPSA) is 79.4 Å². The van der Waals surface area contributed by atoms with Crippen LogP contribution in [-0.4, -0.2) is 66.7 Å². The summed E-state index contributed by atoms with van der Waals surface area (Å²) in [4.78, 5) is 16.5. The first-order chi connectivity index (χ1) is 17.3. The maximum absolute atomic E-state index is 14.1. The van der Waals surface area contributed by atoms with E-state index in [-0.39, 0.29) is 16.4 Å². The van der Waals surface area contributed by atoms with Crippen LogP contribution in [0.4, 0.5) is 15.8 Å². The Morgan fingerprint density at radius 1 is 0.917 bits per heavy atom. The highest BCUT2D eigenvalue weighted by molar-refractivity contribution is 7.92. The zero-order chi connectivity index (χ0) is 25.9. The van der Waals surface area contributed by atoms with E-state index in [0.717, 1.165) is 0 Å². The molecule has 0 spiro atoms. The Balaban J connectivity index is 1.54. The minimum Gasteiger partial charge on any atom is -0.497 e. The molecule has 3 aromatic carbocycles. The summed E-state index contributed by atoms with van der Waals surface area (Å²) in [5.41, 5.74) is 1.14. The van der Waals surface area contributed by atoms with Gasteiger partial charge in [0.15, 0.2) is 0 Å². The van der Waals surface area contributed by atoms with Crippen LogP contribution in [0.15, 0.2) is 71.6 Å². The maximum atomic E-state index is 14.1. The van der Waals surface area contributed by atoms with Gasteiger partial charge in [0.05, 0.1) is 36.1 Å². The molecule has 8 nitrogen and oxygen atoms in total. The van der Waals surface area contributed by atoms with Gasteiger partial charge in [-0.05, 0) is 54.6 Å². The molecule has 0 atom stereocenters. The fourth-order valence-electron chi connectivity index (χ4n) is 4.12. The molecule has 0 N–H and O–H groups in total. The number of carbonyl (C=O) groups is 1. The van der Waals surface area contributed by atoms with E-state index in [1.165, 1.54) is 36.7 Å². The van der Waals surface area contributed by atoms with Gasteiger partial charge in [0.1, 0.15) is 17.3 Å². The molecule has 0 unspecified atom stereocenters. The average molecular weight is 514 g/mol. The van der Waals surface area contributed by atoms with E-state index in [9.17, 15) is 17.6 Å².